The van der Waals surface area contributed by atoms with Crippen LogP contribution < -0.4 is 16.4 Å². The molecule has 0 saturated carbocycles. The summed E-state index contributed by atoms with van der Waals surface area (Å²) in [5.41, 5.74) is 15.2. The maximum absolute atomic E-state index is 6.64. The van der Waals surface area contributed by atoms with Crippen molar-refractivity contribution in [3.8, 4) is 11.1 Å². The molecule has 0 amide bonds. The molecule has 3 heterocycles. The van der Waals surface area contributed by atoms with E-state index in [9.17, 15) is 0 Å². The van der Waals surface area contributed by atoms with Gasteiger partial charge in [0.2, 0.25) is 0 Å². The van der Waals surface area contributed by atoms with Crippen molar-refractivity contribution in [3.63, 3.8) is 0 Å². The van der Waals surface area contributed by atoms with Crippen molar-refractivity contribution in [1.29, 1.82) is 0 Å². The highest BCUT2D eigenvalue weighted by Gasteiger charge is 2.27. The van der Waals surface area contributed by atoms with Crippen molar-refractivity contribution in [2.24, 2.45) is 0 Å². The van der Waals surface area contributed by atoms with E-state index in [-0.39, 0.29) is 0 Å². The summed E-state index contributed by atoms with van der Waals surface area (Å²) in [6, 6.07) is 14.8. The number of anilines is 3. The molecule has 4 N–H and O–H groups in total. The van der Waals surface area contributed by atoms with Gasteiger partial charge >= 0.3 is 0 Å². The number of fused-ring (bicyclic) bond motifs is 1. The zero-order valence-corrected chi connectivity index (χ0v) is 22.6. The van der Waals surface area contributed by atoms with Crippen LogP contribution in [0.4, 0.5) is 17.2 Å². The van der Waals surface area contributed by atoms with Crippen molar-refractivity contribution in [3.05, 3.63) is 90.5 Å². The summed E-state index contributed by atoms with van der Waals surface area (Å²) in [5.74, 6) is 1.25. The van der Waals surface area contributed by atoms with Gasteiger partial charge in [0.15, 0.2) is 5.65 Å². The molecule has 0 aliphatic carbocycles. The van der Waals surface area contributed by atoms with Gasteiger partial charge in [0.05, 0.1) is 11.8 Å². The lowest BCUT2D eigenvalue weighted by Gasteiger charge is -2.23. The second-order valence-corrected chi connectivity index (χ2v) is 10.2. The summed E-state index contributed by atoms with van der Waals surface area (Å²) >= 11 is 0. The Kier molecular flexibility index (Phi) is 6.82. The fraction of sp³-hybridized carbons (Fsp3) is 0.267. The fourth-order valence-electron chi connectivity index (χ4n) is 5.06. The minimum atomic E-state index is 0.522. The number of hydrogen-bond donors (Lipinski definition) is 3. The van der Waals surface area contributed by atoms with Gasteiger partial charge in [-0.05, 0) is 69.3 Å². The Morgan fingerprint density at radius 3 is 2.53 bits per heavy atom. The second-order valence-electron chi connectivity index (χ2n) is 10.2. The number of benzene rings is 2. The Labute approximate surface area is 224 Å². The Morgan fingerprint density at radius 2 is 1.82 bits per heavy atom. The summed E-state index contributed by atoms with van der Waals surface area (Å²) in [6.45, 7) is 14.5. The lowest BCUT2D eigenvalue weighted by Crippen LogP contribution is -2.30. The SMILES string of the molecule is C=C(Nc1ccc(-c2cnc3c(C(=C)N4CCC(N(C)C)C4)cnn3c2N)c(C)c1)Nc1ccccc1C. The van der Waals surface area contributed by atoms with E-state index in [2.05, 4.69) is 78.8 Å². The lowest BCUT2D eigenvalue weighted by molar-refractivity contribution is 0.299. The monoisotopic (exact) mass is 508 g/mol. The van der Waals surface area contributed by atoms with Gasteiger partial charge in [-0.3, -0.25) is 0 Å². The largest absolute Gasteiger partial charge is 0.383 e. The molecule has 1 aliphatic heterocycles. The Bertz CT molecular complexity index is 1520. The number of hydrogen-bond acceptors (Lipinski definition) is 7. The van der Waals surface area contributed by atoms with Gasteiger partial charge in [-0.25, -0.2) is 4.98 Å². The average Bonchev–Trinajstić information content (AvgIpc) is 3.54. The number of nitrogens with zero attached hydrogens (tertiary/aromatic N) is 5. The molecule has 38 heavy (non-hydrogen) atoms. The number of likely N-dealkylation sites (tertiary alicyclic amines) is 1. The smallest absolute Gasteiger partial charge is 0.166 e. The van der Waals surface area contributed by atoms with E-state index in [0.29, 0.717) is 17.7 Å². The number of aryl methyl sites for hydroxylation is 2. The Morgan fingerprint density at radius 1 is 1.03 bits per heavy atom. The van der Waals surface area contributed by atoms with E-state index >= 15 is 0 Å². The highest BCUT2D eigenvalue weighted by atomic mass is 15.3. The van der Waals surface area contributed by atoms with Crippen LogP contribution in [0.2, 0.25) is 0 Å². The highest BCUT2D eigenvalue weighted by Crippen LogP contribution is 2.33. The topological polar surface area (TPSA) is 86.8 Å². The van der Waals surface area contributed by atoms with Crippen LogP contribution in [0.3, 0.4) is 0 Å². The summed E-state index contributed by atoms with van der Waals surface area (Å²) in [5, 5.41) is 11.3. The normalized spacial score (nSPS) is 15.3. The molecule has 1 atom stereocenters. The fourth-order valence-corrected chi connectivity index (χ4v) is 5.06. The van der Waals surface area contributed by atoms with Gasteiger partial charge in [0, 0.05) is 48.0 Å². The van der Waals surface area contributed by atoms with E-state index in [1.54, 1.807) is 4.52 Å². The van der Waals surface area contributed by atoms with E-state index in [1.165, 1.54) is 0 Å². The van der Waals surface area contributed by atoms with E-state index in [1.807, 2.05) is 42.7 Å². The van der Waals surface area contributed by atoms with Crippen LogP contribution in [0.1, 0.15) is 23.1 Å². The van der Waals surface area contributed by atoms with Crippen LogP contribution in [-0.4, -0.2) is 57.6 Å². The predicted octanol–water partition coefficient (Wildman–Crippen LogP) is 5.20. The number of aromatic nitrogens is 3. The third-order valence-corrected chi connectivity index (χ3v) is 7.39. The molecule has 2 aromatic carbocycles. The Hall–Kier alpha value is -4.30. The quantitative estimate of drug-likeness (QED) is 0.302. The van der Waals surface area contributed by atoms with E-state index in [0.717, 1.165) is 70.0 Å². The molecular formula is C30H36N8. The molecule has 196 valence electrons. The predicted molar refractivity (Wildman–Crippen MR) is 158 cm³/mol. The molecule has 1 unspecified atom stereocenters. The molecule has 0 radical (unpaired) electrons. The second kappa shape index (κ2) is 10.2. The first-order chi connectivity index (χ1) is 18.2. The van der Waals surface area contributed by atoms with Gasteiger partial charge in [0.1, 0.15) is 11.6 Å². The number of nitrogen functional groups attached to an aromatic ring is 1. The van der Waals surface area contributed by atoms with Gasteiger partial charge in [0.25, 0.3) is 0 Å². The van der Waals surface area contributed by atoms with Crippen LogP contribution in [-0.2, 0) is 0 Å². The van der Waals surface area contributed by atoms with Crippen LogP contribution in [0, 0.1) is 13.8 Å². The van der Waals surface area contributed by atoms with Crippen molar-refractivity contribution in [2.45, 2.75) is 26.3 Å². The zero-order chi connectivity index (χ0) is 27.0. The minimum absolute atomic E-state index is 0.522. The van der Waals surface area contributed by atoms with Gasteiger partial charge in [-0.2, -0.15) is 9.61 Å². The standard InChI is InChI=1S/C30H36N8/c1-19-9-7-8-10-28(19)35-22(4)34-23-11-12-25(20(2)15-23)27-16-32-30-26(17-33-38(30)29(27)31)21(3)37-14-13-24(18-37)36(5)6/h7-12,15-17,24,34-35H,3-4,13-14,18,31H2,1-2,5-6H3. The van der Waals surface area contributed by atoms with Crippen LogP contribution in [0.5, 0.6) is 0 Å². The first kappa shape index (κ1) is 25.4. The molecule has 1 fully saturated rings. The van der Waals surface area contributed by atoms with Crippen molar-refractivity contribution >= 4 is 28.5 Å². The van der Waals surface area contributed by atoms with Gasteiger partial charge in [-0.15, -0.1) is 0 Å². The lowest BCUT2D eigenvalue weighted by atomic mass is 10.0. The van der Waals surface area contributed by atoms with Crippen LogP contribution in [0.15, 0.2) is 73.8 Å². The Balaban J connectivity index is 1.35. The maximum Gasteiger partial charge on any atom is 0.166 e. The first-order valence-corrected chi connectivity index (χ1v) is 12.9. The summed E-state index contributed by atoms with van der Waals surface area (Å²) in [7, 11) is 4.25. The zero-order valence-electron chi connectivity index (χ0n) is 22.6. The number of rotatable bonds is 8. The van der Waals surface area contributed by atoms with E-state index in [4.69, 9.17) is 10.7 Å². The molecule has 8 nitrogen and oxygen atoms in total. The highest BCUT2D eigenvalue weighted by molar-refractivity contribution is 5.81. The number of likely N-dealkylation sites (N-methyl/N-ethyl adjacent to an activating group) is 1. The molecule has 1 aliphatic rings. The van der Waals surface area contributed by atoms with Crippen molar-refractivity contribution in [1.82, 2.24) is 24.4 Å². The van der Waals surface area contributed by atoms with Gasteiger partial charge < -0.3 is 26.2 Å². The summed E-state index contributed by atoms with van der Waals surface area (Å²) in [4.78, 5) is 9.35. The van der Waals surface area contributed by atoms with Crippen molar-refractivity contribution < 1.29 is 0 Å². The molecule has 8 heteroatoms. The molecule has 0 spiro atoms. The first-order valence-electron chi connectivity index (χ1n) is 12.9. The van der Waals surface area contributed by atoms with E-state index < -0.39 is 0 Å². The van der Waals surface area contributed by atoms with Gasteiger partial charge in [-0.1, -0.05) is 37.4 Å². The number of nitrogens with one attached hydrogen (secondary N) is 2. The third-order valence-electron chi connectivity index (χ3n) is 7.39. The number of nitrogens with two attached hydrogens (primary N) is 1. The van der Waals surface area contributed by atoms with Crippen LogP contribution in [0.25, 0.3) is 22.5 Å². The maximum atomic E-state index is 6.64. The average molecular weight is 509 g/mol. The molecule has 0 bridgehead atoms. The molecule has 4 aromatic rings. The molecule has 1 saturated heterocycles. The van der Waals surface area contributed by atoms with Crippen molar-refractivity contribution in [2.75, 3.05) is 43.6 Å². The third kappa shape index (κ3) is 4.82. The van der Waals surface area contributed by atoms with Crippen LogP contribution >= 0.6 is 0 Å². The minimum Gasteiger partial charge on any atom is -0.383 e. The molecular weight excluding hydrogens is 472 g/mol. The molecule has 2 aromatic heterocycles. The number of para-hydroxylation sites is 1. The summed E-state index contributed by atoms with van der Waals surface area (Å²) < 4.78 is 1.72. The summed E-state index contributed by atoms with van der Waals surface area (Å²) in [6.07, 6.45) is 4.77. The molecule has 5 rings (SSSR count).